The summed E-state index contributed by atoms with van der Waals surface area (Å²) in [5.41, 5.74) is -0.339. The molecule has 2 rings (SSSR count). The zero-order valence-corrected chi connectivity index (χ0v) is 15.5. The highest BCUT2D eigenvalue weighted by Crippen LogP contribution is 2.23. The molecule has 0 radical (unpaired) electrons. The molecule has 24 heavy (non-hydrogen) atoms. The van der Waals surface area contributed by atoms with Gasteiger partial charge in [-0.15, -0.1) is 0 Å². The van der Waals surface area contributed by atoms with E-state index in [1.54, 1.807) is 0 Å². The van der Waals surface area contributed by atoms with Crippen LogP contribution in [0.4, 0.5) is 0 Å². The maximum atomic E-state index is 12.3. The number of amides is 2. The Kier molecular flexibility index (Phi) is 7.04. The van der Waals surface area contributed by atoms with Gasteiger partial charge in [-0.3, -0.25) is 14.5 Å². The molecule has 6 heteroatoms. The van der Waals surface area contributed by atoms with Crippen LogP contribution in [0, 0.1) is 11.3 Å². The largest absolute Gasteiger partial charge is 0.379 e. The quantitative estimate of drug-likeness (QED) is 0.762. The lowest BCUT2D eigenvalue weighted by atomic mass is 9.90. The van der Waals surface area contributed by atoms with Crippen LogP contribution in [0.5, 0.6) is 0 Å². The molecule has 2 amide bonds. The molecule has 138 valence electrons. The van der Waals surface area contributed by atoms with E-state index in [9.17, 15) is 9.59 Å². The fourth-order valence-corrected chi connectivity index (χ4v) is 3.30. The number of nitrogens with zero attached hydrogens (tertiary/aromatic N) is 2. The molecule has 0 aromatic carbocycles. The third kappa shape index (κ3) is 5.74. The number of piperidine rings is 1. The highest BCUT2D eigenvalue weighted by atomic mass is 16.5. The van der Waals surface area contributed by atoms with Crippen LogP contribution in [-0.4, -0.2) is 74.1 Å². The van der Waals surface area contributed by atoms with Gasteiger partial charge in [0.1, 0.15) is 0 Å². The molecule has 2 saturated heterocycles. The summed E-state index contributed by atoms with van der Waals surface area (Å²) < 4.78 is 5.33. The topological polar surface area (TPSA) is 61.9 Å². The van der Waals surface area contributed by atoms with Gasteiger partial charge in [0, 0.05) is 44.1 Å². The minimum absolute atomic E-state index is 0.0532. The second-order valence-corrected chi connectivity index (χ2v) is 7.92. The van der Waals surface area contributed by atoms with Crippen LogP contribution >= 0.6 is 0 Å². The van der Waals surface area contributed by atoms with Crippen LogP contribution in [0.3, 0.4) is 0 Å². The molecular formula is C18H33N3O3. The first kappa shape index (κ1) is 19.2. The molecule has 2 heterocycles. The van der Waals surface area contributed by atoms with Crippen molar-refractivity contribution in [3.8, 4) is 0 Å². The van der Waals surface area contributed by atoms with Crippen LogP contribution < -0.4 is 5.32 Å². The molecule has 0 atom stereocenters. The van der Waals surface area contributed by atoms with Crippen LogP contribution in [0.1, 0.15) is 40.0 Å². The number of likely N-dealkylation sites (tertiary alicyclic amines) is 1. The average molecular weight is 339 g/mol. The van der Waals surface area contributed by atoms with E-state index in [1.165, 1.54) is 0 Å². The Hall–Kier alpha value is -1.14. The number of rotatable bonds is 5. The minimum atomic E-state index is -0.339. The number of carbonyl (C=O) groups excluding carboxylic acids is 2. The van der Waals surface area contributed by atoms with Crippen molar-refractivity contribution in [3.63, 3.8) is 0 Å². The fraction of sp³-hybridized carbons (Fsp3) is 0.889. The van der Waals surface area contributed by atoms with Gasteiger partial charge < -0.3 is 15.0 Å². The van der Waals surface area contributed by atoms with Crippen LogP contribution in [-0.2, 0) is 14.3 Å². The maximum Gasteiger partial charge on any atom is 0.227 e. The van der Waals surface area contributed by atoms with E-state index < -0.39 is 0 Å². The monoisotopic (exact) mass is 339 g/mol. The van der Waals surface area contributed by atoms with Gasteiger partial charge in [0.25, 0.3) is 0 Å². The number of morpholine rings is 1. The van der Waals surface area contributed by atoms with E-state index in [0.717, 1.165) is 58.7 Å². The van der Waals surface area contributed by atoms with Crippen molar-refractivity contribution in [1.82, 2.24) is 15.1 Å². The van der Waals surface area contributed by atoms with E-state index in [1.807, 2.05) is 25.7 Å². The van der Waals surface area contributed by atoms with E-state index in [-0.39, 0.29) is 23.1 Å². The summed E-state index contributed by atoms with van der Waals surface area (Å²) in [4.78, 5) is 28.8. The SMILES string of the molecule is CC(C)(C)C(=O)N1CCC(C(=O)NCCCN2CCOCC2)CC1. The highest BCUT2D eigenvalue weighted by molar-refractivity contribution is 5.82. The van der Waals surface area contributed by atoms with Crippen LogP contribution in [0.25, 0.3) is 0 Å². The van der Waals surface area contributed by atoms with Gasteiger partial charge in [-0.25, -0.2) is 0 Å². The summed E-state index contributed by atoms with van der Waals surface area (Å²) in [6.07, 6.45) is 2.53. The zero-order chi connectivity index (χ0) is 17.6. The van der Waals surface area contributed by atoms with Crippen molar-refractivity contribution in [1.29, 1.82) is 0 Å². The molecule has 0 bridgehead atoms. The summed E-state index contributed by atoms with van der Waals surface area (Å²) >= 11 is 0. The van der Waals surface area contributed by atoms with Crippen LogP contribution in [0.15, 0.2) is 0 Å². The van der Waals surface area contributed by atoms with Gasteiger partial charge in [-0.05, 0) is 25.8 Å². The van der Waals surface area contributed by atoms with Gasteiger partial charge in [-0.2, -0.15) is 0 Å². The Morgan fingerprint density at radius 3 is 2.29 bits per heavy atom. The van der Waals surface area contributed by atoms with Crippen LogP contribution in [0.2, 0.25) is 0 Å². The molecular weight excluding hydrogens is 306 g/mol. The number of ether oxygens (including phenoxy) is 1. The molecule has 1 N–H and O–H groups in total. The van der Waals surface area contributed by atoms with Crippen molar-refractivity contribution >= 4 is 11.8 Å². The van der Waals surface area contributed by atoms with Crippen molar-refractivity contribution < 1.29 is 14.3 Å². The second kappa shape index (κ2) is 8.81. The van der Waals surface area contributed by atoms with Gasteiger partial charge in [0.2, 0.25) is 11.8 Å². The first-order valence-electron chi connectivity index (χ1n) is 9.25. The lowest BCUT2D eigenvalue weighted by molar-refractivity contribution is -0.142. The first-order valence-corrected chi connectivity index (χ1v) is 9.25. The first-order chi connectivity index (χ1) is 11.4. The summed E-state index contributed by atoms with van der Waals surface area (Å²) in [5.74, 6) is 0.393. The number of hydrogen-bond acceptors (Lipinski definition) is 4. The summed E-state index contributed by atoms with van der Waals surface area (Å²) in [6, 6.07) is 0. The van der Waals surface area contributed by atoms with Gasteiger partial charge in [0.05, 0.1) is 13.2 Å². The minimum Gasteiger partial charge on any atom is -0.379 e. The lowest BCUT2D eigenvalue weighted by Crippen LogP contribution is -2.46. The maximum absolute atomic E-state index is 12.3. The second-order valence-electron chi connectivity index (χ2n) is 7.92. The molecule has 0 saturated carbocycles. The Morgan fingerprint density at radius 1 is 1.08 bits per heavy atom. The normalized spacial score (nSPS) is 20.9. The van der Waals surface area contributed by atoms with Crippen molar-refractivity contribution in [2.45, 2.75) is 40.0 Å². The van der Waals surface area contributed by atoms with E-state index in [0.29, 0.717) is 13.1 Å². The fourth-order valence-electron chi connectivity index (χ4n) is 3.30. The molecule has 2 aliphatic heterocycles. The van der Waals surface area contributed by atoms with E-state index in [2.05, 4.69) is 10.2 Å². The Balaban J connectivity index is 1.61. The smallest absolute Gasteiger partial charge is 0.227 e. The predicted molar refractivity (Wildman–Crippen MR) is 93.6 cm³/mol. The molecule has 0 spiro atoms. The molecule has 0 aromatic rings. The highest BCUT2D eigenvalue weighted by Gasteiger charge is 2.32. The van der Waals surface area contributed by atoms with Crippen molar-refractivity contribution in [2.24, 2.45) is 11.3 Å². The standard InChI is InChI=1S/C18H33N3O3/c1-18(2,3)17(23)21-9-5-15(6-10-21)16(22)19-7-4-8-20-11-13-24-14-12-20/h15H,4-14H2,1-3H3,(H,19,22). The molecule has 0 aromatic heterocycles. The number of carbonyl (C=O) groups is 2. The molecule has 6 nitrogen and oxygen atoms in total. The summed E-state index contributed by atoms with van der Waals surface area (Å²) in [6.45, 7) is 12.6. The third-order valence-corrected chi connectivity index (χ3v) is 4.85. The van der Waals surface area contributed by atoms with Gasteiger partial charge in [0.15, 0.2) is 0 Å². The molecule has 0 unspecified atom stereocenters. The number of hydrogen-bond donors (Lipinski definition) is 1. The summed E-state index contributed by atoms with van der Waals surface area (Å²) in [7, 11) is 0. The lowest BCUT2D eigenvalue weighted by Gasteiger charge is -2.35. The molecule has 2 fully saturated rings. The molecule has 0 aliphatic carbocycles. The van der Waals surface area contributed by atoms with Crippen molar-refractivity contribution in [2.75, 3.05) is 52.5 Å². The average Bonchev–Trinajstić information content (AvgIpc) is 2.58. The van der Waals surface area contributed by atoms with E-state index in [4.69, 9.17) is 4.74 Å². The van der Waals surface area contributed by atoms with Gasteiger partial charge >= 0.3 is 0 Å². The molecule has 2 aliphatic rings. The predicted octanol–water partition coefficient (Wildman–Crippen LogP) is 1.11. The Morgan fingerprint density at radius 2 is 1.71 bits per heavy atom. The van der Waals surface area contributed by atoms with Gasteiger partial charge in [-0.1, -0.05) is 20.8 Å². The number of nitrogens with one attached hydrogen (secondary N) is 1. The van der Waals surface area contributed by atoms with Crippen molar-refractivity contribution in [3.05, 3.63) is 0 Å². The zero-order valence-electron chi connectivity index (χ0n) is 15.5. The third-order valence-electron chi connectivity index (χ3n) is 4.85. The van der Waals surface area contributed by atoms with E-state index >= 15 is 0 Å². The Bertz CT molecular complexity index is 420. The Labute approximate surface area is 145 Å². The summed E-state index contributed by atoms with van der Waals surface area (Å²) in [5, 5.41) is 3.07.